The molecular formula is C13H26N2. The van der Waals surface area contributed by atoms with Crippen LogP contribution in [0.5, 0.6) is 0 Å². The Bertz CT molecular complexity index is 185. The van der Waals surface area contributed by atoms with Crippen LogP contribution in [-0.4, -0.2) is 37.6 Å². The van der Waals surface area contributed by atoms with E-state index in [4.69, 9.17) is 0 Å². The summed E-state index contributed by atoms with van der Waals surface area (Å²) < 4.78 is 0. The summed E-state index contributed by atoms with van der Waals surface area (Å²) in [5, 5.41) is 3.50. The summed E-state index contributed by atoms with van der Waals surface area (Å²) in [6.45, 7) is 9.62. The van der Waals surface area contributed by atoms with Gasteiger partial charge in [0.25, 0.3) is 0 Å². The maximum absolute atomic E-state index is 4.12. The Morgan fingerprint density at radius 3 is 2.73 bits per heavy atom. The van der Waals surface area contributed by atoms with E-state index in [1.54, 1.807) is 0 Å². The van der Waals surface area contributed by atoms with Crippen molar-refractivity contribution in [3.63, 3.8) is 0 Å². The minimum atomic E-state index is 0.798. The Balaban J connectivity index is 1.96. The van der Waals surface area contributed by atoms with Crippen LogP contribution in [0.1, 0.15) is 39.0 Å². The molecule has 0 aromatic heterocycles. The largest absolute Gasteiger partial charge is 0.310 e. The molecule has 0 aromatic rings. The van der Waals surface area contributed by atoms with E-state index in [0.29, 0.717) is 0 Å². The van der Waals surface area contributed by atoms with Crippen molar-refractivity contribution in [1.29, 1.82) is 0 Å². The first kappa shape index (κ1) is 12.7. The van der Waals surface area contributed by atoms with Crippen LogP contribution in [0.15, 0.2) is 12.2 Å². The second-order valence-electron chi connectivity index (χ2n) is 4.85. The highest BCUT2D eigenvalue weighted by Crippen LogP contribution is 2.18. The lowest BCUT2D eigenvalue weighted by molar-refractivity contribution is 0.348. The third-order valence-corrected chi connectivity index (χ3v) is 2.85. The Morgan fingerprint density at radius 2 is 2.13 bits per heavy atom. The van der Waals surface area contributed by atoms with Gasteiger partial charge in [0.15, 0.2) is 0 Å². The number of hydrogen-bond acceptors (Lipinski definition) is 2. The van der Waals surface area contributed by atoms with Crippen LogP contribution in [0.25, 0.3) is 0 Å². The number of rotatable bonds is 9. The van der Waals surface area contributed by atoms with Gasteiger partial charge in [-0.3, -0.25) is 0 Å². The van der Waals surface area contributed by atoms with Crippen LogP contribution >= 0.6 is 0 Å². The molecule has 88 valence electrons. The zero-order valence-corrected chi connectivity index (χ0v) is 10.4. The SMILES string of the molecule is C=C(CNC1CC1)CN(C)CCCCC. The van der Waals surface area contributed by atoms with Gasteiger partial charge >= 0.3 is 0 Å². The number of hydrogen-bond donors (Lipinski definition) is 1. The van der Waals surface area contributed by atoms with Gasteiger partial charge in [-0.1, -0.05) is 26.3 Å². The molecule has 1 aliphatic rings. The number of unbranched alkanes of at least 4 members (excludes halogenated alkanes) is 2. The molecule has 0 unspecified atom stereocenters. The van der Waals surface area contributed by atoms with E-state index in [1.807, 2.05) is 0 Å². The molecule has 0 saturated heterocycles. The summed E-state index contributed by atoms with van der Waals surface area (Å²) in [7, 11) is 2.19. The highest BCUT2D eigenvalue weighted by molar-refractivity contribution is 5.01. The lowest BCUT2D eigenvalue weighted by Crippen LogP contribution is -2.27. The molecule has 0 aliphatic heterocycles. The van der Waals surface area contributed by atoms with Crippen LogP contribution in [0, 0.1) is 0 Å². The van der Waals surface area contributed by atoms with Crippen LogP contribution in [0.2, 0.25) is 0 Å². The molecule has 2 heteroatoms. The molecule has 1 N–H and O–H groups in total. The summed E-state index contributed by atoms with van der Waals surface area (Å²) in [6.07, 6.45) is 6.69. The maximum Gasteiger partial charge on any atom is 0.0199 e. The van der Waals surface area contributed by atoms with Gasteiger partial charge in [0.2, 0.25) is 0 Å². The van der Waals surface area contributed by atoms with Crippen molar-refractivity contribution >= 4 is 0 Å². The van der Waals surface area contributed by atoms with Crippen molar-refractivity contribution in [3.05, 3.63) is 12.2 Å². The van der Waals surface area contributed by atoms with Gasteiger partial charge < -0.3 is 10.2 Å². The monoisotopic (exact) mass is 210 g/mol. The van der Waals surface area contributed by atoms with Crippen molar-refractivity contribution in [2.45, 2.75) is 45.1 Å². The van der Waals surface area contributed by atoms with Gasteiger partial charge in [-0.25, -0.2) is 0 Å². The molecule has 1 saturated carbocycles. The molecule has 1 fully saturated rings. The molecule has 0 atom stereocenters. The number of likely N-dealkylation sites (N-methyl/N-ethyl adjacent to an activating group) is 1. The predicted molar refractivity (Wildman–Crippen MR) is 67.2 cm³/mol. The molecular weight excluding hydrogens is 184 g/mol. The van der Waals surface area contributed by atoms with Crippen LogP contribution in [0.4, 0.5) is 0 Å². The minimum absolute atomic E-state index is 0.798. The molecule has 1 aliphatic carbocycles. The van der Waals surface area contributed by atoms with Crippen molar-refractivity contribution in [3.8, 4) is 0 Å². The second-order valence-corrected chi connectivity index (χ2v) is 4.85. The summed E-state index contributed by atoms with van der Waals surface area (Å²) in [4.78, 5) is 2.38. The van der Waals surface area contributed by atoms with E-state index in [9.17, 15) is 0 Å². The minimum Gasteiger partial charge on any atom is -0.310 e. The average Bonchev–Trinajstić information content (AvgIpc) is 2.98. The van der Waals surface area contributed by atoms with E-state index in [1.165, 1.54) is 44.2 Å². The zero-order valence-electron chi connectivity index (χ0n) is 10.4. The molecule has 15 heavy (non-hydrogen) atoms. The van der Waals surface area contributed by atoms with Gasteiger partial charge in [0.05, 0.1) is 0 Å². The quantitative estimate of drug-likeness (QED) is 0.464. The van der Waals surface area contributed by atoms with Crippen molar-refractivity contribution in [2.24, 2.45) is 0 Å². The lowest BCUT2D eigenvalue weighted by Gasteiger charge is -2.18. The average molecular weight is 210 g/mol. The summed E-state index contributed by atoms with van der Waals surface area (Å²) >= 11 is 0. The molecule has 0 heterocycles. The standard InChI is InChI=1S/C13H26N2/c1-4-5-6-9-15(3)11-12(2)10-14-13-7-8-13/h13-14H,2,4-11H2,1,3H3. The van der Waals surface area contributed by atoms with Crippen molar-refractivity contribution in [1.82, 2.24) is 10.2 Å². The lowest BCUT2D eigenvalue weighted by atomic mass is 10.2. The fourth-order valence-corrected chi connectivity index (χ4v) is 1.72. The Morgan fingerprint density at radius 1 is 1.40 bits per heavy atom. The Labute approximate surface area is 94.7 Å². The van der Waals surface area contributed by atoms with Gasteiger partial charge in [0, 0.05) is 19.1 Å². The van der Waals surface area contributed by atoms with Crippen LogP contribution in [-0.2, 0) is 0 Å². The summed E-state index contributed by atoms with van der Waals surface area (Å²) in [5.74, 6) is 0. The van der Waals surface area contributed by atoms with E-state index in [0.717, 1.165) is 19.1 Å². The van der Waals surface area contributed by atoms with E-state index in [-0.39, 0.29) is 0 Å². The molecule has 0 spiro atoms. The van der Waals surface area contributed by atoms with Gasteiger partial charge in [-0.05, 0) is 38.4 Å². The topological polar surface area (TPSA) is 15.3 Å². The van der Waals surface area contributed by atoms with Gasteiger partial charge in [-0.15, -0.1) is 0 Å². The first-order valence-electron chi connectivity index (χ1n) is 6.31. The van der Waals surface area contributed by atoms with Gasteiger partial charge in [-0.2, -0.15) is 0 Å². The molecule has 0 bridgehead atoms. The van der Waals surface area contributed by atoms with E-state index < -0.39 is 0 Å². The first-order valence-corrected chi connectivity index (χ1v) is 6.31. The first-order chi connectivity index (χ1) is 7.22. The molecule has 0 aromatic carbocycles. The molecule has 1 rings (SSSR count). The van der Waals surface area contributed by atoms with Gasteiger partial charge in [0.1, 0.15) is 0 Å². The third kappa shape index (κ3) is 6.69. The molecule has 0 radical (unpaired) electrons. The fourth-order valence-electron chi connectivity index (χ4n) is 1.72. The van der Waals surface area contributed by atoms with Crippen LogP contribution in [0.3, 0.4) is 0 Å². The second kappa shape index (κ2) is 7.02. The number of nitrogens with zero attached hydrogens (tertiary/aromatic N) is 1. The highest BCUT2D eigenvalue weighted by Gasteiger charge is 2.20. The summed E-state index contributed by atoms with van der Waals surface area (Å²) in [5.41, 5.74) is 1.32. The predicted octanol–water partition coefficient (Wildman–Crippen LogP) is 2.42. The Kier molecular flexibility index (Phi) is 5.96. The Hall–Kier alpha value is -0.340. The van der Waals surface area contributed by atoms with Crippen molar-refractivity contribution < 1.29 is 0 Å². The highest BCUT2D eigenvalue weighted by atomic mass is 15.1. The smallest absolute Gasteiger partial charge is 0.0199 e. The summed E-state index contributed by atoms with van der Waals surface area (Å²) in [6, 6.07) is 0.798. The normalized spacial score (nSPS) is 15.9. The van der Waals surface area contributed by atoms with E-state index >= 15 is 0 Å². The zero-order chi connectivity index (χ0) is 11.1. The third-order valence-electron chi connectivity index (χ3n) is 2.85. The maximum atomic E-state index is 4.12. The van der Waals surface area contributed by atoms with Crippen LogP contribution < -0.4 is 5.32 Å². The van der Waals surface area contributed by atoms with E-state index in [2.05, 4.69) is 30.8 Å². The number of nitrogens with one attached hydrogen (secondary N) is 1. The fraction of sp³-hybridized carbons (Fsp3) is 0.846. The van der Waals surface area contributed by atoms with Crippen molar-refractivity contribution in [2.75, 3.05) is 26.7 Å². The molecule has 0 amide bonds. The molecule has 2 nitrogen and oxygen atoms in total.